The van der Waals surface area contributed by atoms with Crippen LogP contribution in [0.5, 0.6) is 5.75 Å². The molecule has 1 aliphatic rings. The Balaban J connectivity index is 0.00000196. The second kappa shape index (κ2) is 7.95. The molecule has 0 aliphatic carbocycles. The van der Waals surface area contributed by atoms with Gasteiger partial charge >= 0.3 is 0 Å². The van der Waals surface area contributed by atoms with Crippen LogP contribution in [0.25, 0.3) is 11.1 Å². The number of nitrogens with one attached hydrogen (secondary N) is 1. The number of ether oxygens (including phenoxy) is 1. The van der Waals surface area contributed by atoms with Crippen LogP contribution >= 0.6 is 12.4 Å². The molecule has 0 fully saturated rings. The highest BCUT2D eigenvalue weighted by molar-refractivity contribution is 5.85. The molecular formula is C22H19ClN2O. The molecule has 0 radical (unpaired) electrons. The zero-order chi connectivity index (χ0) is 17.1. The van der Waals surface area contributed by atoms with Gasteiger partial charge in [0.25, 0.3) is 0 Å². The average molecular weight is 363 g/mol. The number of hydrogen-bond acceptors (Lipinski definition) is 3. The maximum Gasteiger partial charge on any atom is 0.120 e. The molecule has 0 unspecified atom stereocenters. The number of halogens is 1. The molecule has 0 bridgehead atoms. The lowest BCUT2D eigenvalue weighted by atomic mass is 9.98. The van der Waals surface area contributed by atoms with Crippen LogP contribution in [0.2, 0.25) is 0 Å². The van der Waals surface area contributed by atoms with Crippen molar-refractivity contribution in [2.24, 2.45) is 0 Å². The topological polar surface area (TPSA) is 45.0 Å². The van der Waals surface area contributed by atoms with Gasteiger partial charge in [0.2, 0.25) is 0 Å². The van der Waals surface area contributed by atoms with Crippen LogP contribution in [0.4, 0.5) is 5.69 Å². The van der Waals surface area contributed by atoms with Crippen molar-refractivity contribution in [3.8, 4) is 22.9 Å². The summed E-state index contributed by atoms with van der Waals surface area (Å²) in [5.74, 6) is 0.869. The maximum absolute atomic E-state index is 9.50. The van der Waals surface area contributed by atoms with Crippen molar-refractivity contribution < 1.29 is 4.74 Å². The fraction of sp³-hybridized carbons (Fsp3) is 0.136. The highest BCUT2D eigenvalue weighted by Gasteiger charge is 2.11. The fourth-order valence-electron chi connectivity index (χ4n) is 3.18. The second-order valence-electron chi connectivity index (χ2n) is 6.14. The summed E-state index contributed by atoms with van der Waals surface area (Å²) in [5, 5.41) is 12.8. The van der Waals surface area contributed by atoms with Crippen molar-refractivity contribution in [2.75, 3.05) is 11.9 Å². The number of benzene rings is 3. The molecule has 0 saturated heterocycles. The number of hydrogen-bond donors (Lipinski definition) is 1. The summed E-state index contributed by atoms with van der Waals surface area (Å²) in [4.78, 5) is 0. The second-order valence-corrected chi connectivity index (χ2v) is 6.14. The van der Waals surface area contributed by atoms with Crippen molar-refractivity contribution >= 4 is 18.1 Å². The van der Waals surface area contributed by atoms with Crippen molar-refractivity contribution in [1.82, 2.24) is 0 Å². The predicted molar refractivity (Wildman–Crippen MR) is 107 cm³/mol. The Morgan fingerprint density at radius 3 is 2.65 bits per heavy atom. The SMILES string of the molecule is Cl.N#Cc1cc(COc2ccc3c(c2)CCN3)ccc1-c1ccccc1. The summed E-state index contributed by atoms with van der Waals surface area (Å²) >= 11 is 0. The van der Waals surface area contributed by atoms with E-state index in [-0.39, 0.29) is 12.4 Å². The first kappa shape index (κ1) is 17.8. The minimum atomic E-state index is 0. The molecule has 1 N–H and O–H groups in total. The lowest BCUT2D eigenvalue weighted by Gasteiger charge is -2.10. The predicted octanol–water partition coefficient (Wildman–Crippen LogP) is 5.19. The van der Waals surface area contributed by atoms with Crippen LogP contribution in [0.1, 0.15) is 16.7 Å². The molecule has 3 aromatic carbocycles. The summed E-state index contributed by atoms with van der Waals surface area (Å²) in [5.41, 5.74) is 6.18. The molecule has 0 aromatic heterocycles. The molecule has 4 rings (SSSR count). The third-order valence-electron chi connectivity index (χ3n) is 4.48. The summed E-state index contributed by atoms with van der Waals surface area (Å²) in [6.07, 6.45) is 1.04. The highest BCUT2D eigenvalue weighted by atomic mass is 35.5. The molecule has 4 heteroatoms. The zero-order valence-corrected chi connectivity index (χ0v) is 15.1. The van der Waals surface area contributed by atoms with E-state index in [1.54, 1.807) is 0 Å². The molecular weight excluding hydrogens is 344 g/mol. The van der Waals surface area contributed by atoms with Crippen molar-refractivity contribution in [1.29, 1.82) is 5.26 Å². The van der Waals surface area contributed by atoms with E-state index >= 15 is 0 Å². The molecule has 3 aromatic rings. The molecule has 130 valence electrons. The normalized spacial score (nSPS) is 11.7. The third kappa shape index (κ3) is 3.66. The van der Waals surface area contributed by atoms with E-state index in [1.807, 2.05) is 54.6 Å². The van der Waals surface area contributed by atoms with Gasteiger partial charge in [-0.3, -0.25) is 0 Å². The molecule has 0 spiro atoms. The number of fused-ring (bicyclic) bond motifs is 1. The lowest BCUT2D eigenvalue weighted by molar-refractivity contribution is 0.306. The summed E-state index contributed by atoms with van der Waals surface area (Å²) in [6, 6.07) is 24.4. The van der Waals surface area contributed by atoms with Gasteiger partial charge in [0, 0.05) is 12.2 Å². The van der Waals surface area contributed by atoms with Crippen molar-refractivity contribution in [3.05, 3.63) is 83.4 Å². The number of nitrogens with zero attached hydrogens (tertiary/aromatic N) is 1. The van der Waals surface area contributed by atoms with Crippen LogP contribution in [-0.2, 0) is 13.0 Å². The van der Waals surface area contributed by atoms with Gasteiger partial charge in [-0.1, -0.05) is 42.5 Å². The van der Waals surface area contributed by atoms with Gasteiger partial charge in [-0.05, 0) is 52.9 Å². The molecule has 0 atom stereocenters. The highest BCUT2D eigenvalue weighted by Crippen LogP contribution is 2.28. The van der Waals surface area contributed by atoms with E-state index in [2.05, 4.69) is 23.5 Å². The Kier molecular flexibility index (Phi) is 5.46. The van der Waals surface area contributed by atoms with Gasteiger partial charge in [0.1, 0.15) is 12.4 Å². The Morgan fingerprint density at radius 1 is 1.00 bits per heavy atom. The van der Waals surface area contributed by atoms with Crippen molar-refractivity contribution in [3.63, 3.8) is 0 Å². The number of anilines is 1. The monoisotopic (exact) mass is 362 g/mol. The Hall–Kier alpha value is -2.96. The van der Waals surface area contributed by atoms with Crippen molar-refractivity contribution in [2.45, 2.75) is 13.0 Å². The van der Waals surface area contributed by atoms with Gasteiger partial charge < -0.3 is 10.1 Å². The average Bonchev–Trinajstić information content (AvgIpc) is 3.14. The Morgan fingerprint density at radius 2 is 1.85 bits per heavy atom. The minimum Gasteiger partial charge on any atom is -0.489 e. The molecule has 3 nitrogen and oxygen atoms in total. The fourth-order valence-corrected chi connectivity index (χ4v) is 3.18. The van der Waals surface area contributed by atoms with Gasteiger partial charge in [0.05, 0.1) is 11.6 Å². The van der Waals surface area contributed by atoms with Gasteiger partial charge in [-0.15, -0.1) is 12.4 Å². The zero-order valence-electron chi connectivity index (χ0n) is 14.2. The smallest absolute Gasteiger partial charge is 0.120 e. The Labute approximate surface area is 159 Å². The summed E-state index contributed by atoms with van der Waals surface area (Å²) in [6.45, 7) is 1.45. The Bertz CT molecular complexity index is 948. The molecule has 1 aliphatic heterocycles. The van der Waals surface area contributed by atoms with E-state index in [1.165, 1.54) is 11.3 Å². The quantitative estimate of drug-likeness (QED) is 0.694. The van der Waals surface area contributed by atoms with Crippen LogP contribution in [0.3, 0.4) is 0 Å². The van der Waals surface area contributed by atoms with E-state index in [0.717, 1.165) is 35.4 Å². The van der Waals surface area contributed by atoms with E-state index in [4.69, 9.17) is 4.74 Å². The van der Waals surface area contributed by atoms with Gasteiger partial charge in [-0.2, -0.15) is 5.26 Å². The standard InChI is InChI=1S/C22H18N2O.ClH/c23-14-19-12-16(6-8-21(19)17-4-2-1-3-5-17)15-25-20-7-9-22-18(13-20)10-11-24-22;/h1-9,12-13,24H,10-11,15H2;1H. The first-order valence-electron chi connectivity index (χ1n) is 8.41. The maximum atomic E-state index is 9.50. The lowest BCUT2D eigenvalue weighted by Crippen LogP contribution is -1.97. The van der Waals surface area contributed by atoms with E-state index < -0.39 is 0 Å². The van der Waals surface area contributed by atoms with Crippen LogP contribution < -0.4 is 10.1 Å². The largest absolute Gasteiger partial charge is 0.489 e. The third-order valence-corrected chi connectivity index (χ3v) is 4.48. The summed E-state index contributed by atoms with van der Waals surface area (Å²) < 4.78 is 5.93. The molecule has 0 amide bonds. The van der Waals surface area contributed by atoms with Gasteiger partial charge in [-0.25, -0.2) is 0 Å². The molecule has 26 heavy (non-hydrogen) atoms. The molecule has 0 saturated carbocycles. The number of rotatable bonds is 4. The first-order chi connectivity index (χ1) is 12.3. The van der Waals surface area contributed by atoms with Crippen LogP contribution in [0, 0.1) is 11.3 Å². The van der Waals surface area contributed by atoms with Crippen LogP contribution in [-0.4, -0.2) is 6.54 Å². The van der Waals surface area contributed by atoms with Gasteiger partial charge in [0.15, 0.2) is 0 Å². The molecule has 1 heterocycles. The summed E-state index contributed by atoms with van der Waals surface area (Å²) in [7, 11) is 0. The van der Waals surface area contributed by atoms with E-state index in [9.17, 15) is 5.26 Å². The van der Waals surface area contributed by atoms with Crippen LogP contribution in [0.15, 0.2) is 66.7 Å². The minimum absolute atomic E-state index is 0. The number of nitriles is 1. The first-order valence-corrected chi connectivity index (χ1v) is 8.41. The van der Waals surface area contributed by atoms with E-state index in [0.29, 0.717) is 12.2 Å².